The van der Waals surface area contributed by atoms with Crippen LogP contribution in [0.3, 0.4) is 0 Å². The van der Waals surface area contributed by atoms with Crippen molar-refractivity contribution in [3.63, 3.8) is 0 Å². The molecule has 0 radical (unpaired) electrons. The Morgan fingerprint density at radius 2 is 2.03 bits per heavy atom. The third kappa shape index (κ3) is 3.00. The quantitative estimate of drug-likeness (QED) is 0.425. The van der Waals surface area contributed by atoms with Crippen molar-refractivity contribution in [1.82, 2.24) is 4.90 Å². The minimum atomic E-state index is -0.549. The van der Waals surface area contributed by atoms with Gasteiger partial charge < -0.3 is 4.74 Å². The predicted molar refractivity (Wildman–Crippen MR) is 114 cm³/mol. The summed E-state index contributed by atoms with van der Waals surface area (Å²) in [5, 5.41) is 12.1. The molecule has 3 fully saturated rings. The first-order valence-corrected chi connectivity index (χ1v) is 11.1. The maximum Gasteiger partial charge on any atom is 0.313 e. The number of ether oxygens (including phenoxy) is 1. The molecule has 1 aromatic rings. The van der Waals surface area contributed by atoms with Gasteiger partial charge in [0.1, 0.15) is 0 Å². The Balaban J connectivity index is 1.63. The Hall–Kier alpha value is -1.59. The Kier molecular flexibility index (Phi) is 4.15. The van der Waals surface area contributed by atoms with Gasteiger partial charge in [-0.3, -0.25) is 15.0 Å². The number of fused-ring (bicyclic) bond motifs is 4. The lowest BCUT2D eigenvalue weighted by Gasteiger charge is -2.50. The van der Waals surface area contributed by atoms with Gasteiger partial charge in [0.25, 0.3) is 0 Å². The minimum absolute atomic E-state index is 0.0264. The van der Waals surface area contributed by atoms with Crippen molar-refractivity contribution in [3.8, 4) is 5.75 Å². The van der Waals surface area contributed by atoms with Crippen molar-refractivity contribution in [2.24, 2.45) is 10.8 Å². The van der Waals surface area contributed by atoms with E-state index in [1.165, 1.54) is 24.5 Å². The second-order valence-electron chi connectivity index (χ2n) is 10.7. The number of rotatable bonds is 2. The molecule has 0 N–H and O–H groups in total. The molecule has 2 bridgehead atoms. The van der Waals surface area contributed by atoms with Crippen LogP contribution in [0.25, 0.3) is 6.08 Å². The monoisotopic (exact) mass is 416 g/mol. The summed E-state index contributed by atoms with van der Waals surface area (Å²) in [7, 11) is 0. The topological polar surface area (TPSA) is 55.6 Å². The zero-order valence-corrected chi connectivity index (χ0v) is 18.2. The molecule has 4 aliphatic rings. The van der Waals surface area contributed by atoms with Gasteiger partial charge in [-0.2, -0.15) is 0 Å². The summed E-state index contributed by atoms with van der Waals surface area (Å²) < 4.78 is 6.73. The predicted octanol–water partition coefficient (Wildman–Crippen LogP) is 6.19. The molecule has 0 spiro atoms. The molecule has 6 heteroatoms. The van der Waals surface area contributed by atoms with Crippen LogP contribution in [0.5, 0.6) is 5.75 Å². The van der Waals surface area contributed by atoms with Crippen LogP contribution in [-0.4, -0.2) is 28.1 Å². The van der Waals surface area contributed by atoms with Crippen molar-refractivity contribution in [2.75, 3.05) is 6.54 Å². The molecular weight excluding hydrogens is 388 g/mol. The molecule has 5 rings (SSSR count). The van der Waals surface area contributed by atoms with E-state index in [9.17, 15) is 10.1 Å². The van der Waals surface area contributed by atoms with Gasteiger partial charge in [0.2, 0.25) is 5.75 Å². The van der Waals surface area contributed by atoms with E-state index >= 15 is 0 Å². The molecule has 0 amide bonds. The van der Waals surface area contributed by atoms with E-state index < -0.39 is 5.72 Å². The zero-order valence-electron chi connectivity index (χ0n) is 17.5. The largest absolute Gasteiger partial charge is 0.461 e. The van der Waals surface area contributed by atoms with Gasteiger partial charge in [0.05, 0.1) is 4.92 Å². The second-order valence-corrected chi connectivity index (χ2v) is 11.1. The molecular formula is C23H29ClN2O3. The summed E-state index contributed by atoms with van der Waals surface area (Å²) in [5.74, 6) is 0.385. The first kappa shape index (κ1) is 19.4. The molecule has 2 aliphatic heterocycles. The maximum atomic E-state index is 11.8. The van der Waals surface area contributed by atoms with E-state index in [0.29, 0.717) is 22.2 Å². The third-order valence-corrected chi connectivity index (χ3v) is 7.67. The Morgan fingerprint density at radius 1 is 1.24 bits per heavy atom. The molecule has 3 unspecified atom stereocenters. The Morgan fingerprint density at radius 3 is 2.79 bits per heavy atom. The van der Waals surface area contributed by atoms with Crippen LogP contribution in [-0.2, 0) is 0 Å². The minimum Gasteiger partial charge on any atom is -0.461 e. The van der Waals surface area contributed by atoms with E-state index in [-0.39, 0.29) is 16.0 Å². The lowest BCUT2D eigenvalue weighted by molar-refractivity contribution is -0.386. The van der Waals surface area contributed by atoms with Crippen molar-refractivity contribution < 1.29 is 9.66 Å². The zero-order chi connectivity index (χ0) is 20.6. The highest BCUT2D eigenvalue weighted by Crippen LogP contribution is 2.58. The number of nitrogens with zero attached hydrogens (tertiary/aromatic N) is 2. The fourth-order valence-electron chi connectivity index (χ4n) is 6.92. The number of hydrogen-bond donors (Lipinski definition) is 0. The lowest BCUT2D eigenvalue weighted by atomic mass is 9.65. The molecule has 1 aromatic carbocycles. The van der Waals surface area contributed by atoms with E-state index in [4.69, 9.17) is 16.3 Å². The number of halogens is 1. The Bertz CT molecular complexity index is 927. The van der Waals surface area contributed by atoms with Crippen LogP contribution in [0, 0.1) is 20.9 Å². The number of likely N-dealkylation sites (tertiary alicyclic amines) is 1. The maximum absolute atomic E-state index is 11.8. The van der Waals surface area contributed by atoms with Gasteiger partial charge in [0.15, 0.2) is 5.72 Å². The number of benzene rings is 1. The lowest BCUT2D eigenvalue weighted by Crippen LogP contribution is -2.58. The summed E-state index contributed by atoms with van der Waals surface area (Å²) >= 11 is 6.19. The normalized spacial score (nSPS) is 35.3. The van der Waals surface area contributed by atoms with Crippen molar-refractivity contribution in [2.45, 2.75) is 77.5 Å². The fraction of sp³-hybridized carbons (Fsp3) is 0.652. The molecule has 5 nitrogen and oxygen atoms in total. The van der Waals surface area contributed by atoms with Gasteiger partial charge in [-0.25, -0.2) is 0 Å². The van der Waals surface area contributed by atoms with E-state index in [0.717, 1.165) is 44.2 Å². The van der Waals surface area contributed by atoms with Gasteiger partial charge in [0, 0.05) is 35.7 Å². The number of hydrogen-bond acceptors (Lipinski definition) is 4. The van der Waals surface area contributed by atoms with Gasteiger partial charge in [-0.05, 0) is 67.1 Å². The second kappa shape index (κ2) is 6.21. The van der Waals surface area contributed by atoms with Crippen LogP contribution in [0.4, 0.5) is 5.69 Å². The molecule has 1 saturated heterocycles. The van der Waals surface area contributed by atoms with E-state index in [2.05, 4.69) is 31.7 Å². The first-order chi connectivity index (χ1) is 13.6. The number of nitro benzene ring substituents is 1. The van der Waals surface area contributed by atoms with Crippen LogP contribution in [0.15, 0.2) is 17.7 Å². The SMILES string of the molecule is CC1(C)CC2CC(C)(CN2C23CCCCC2=Cc2cc(Cl)cc([N+](=O)[O-])c2O3)C1. The average Bonchev–Trinajstić information content (AvgIpc) is 2.88. The van der Waals surface area contributed by atoms with Crippen LogP contribution in [0.2, 0.25) is 5.02 Å². The highest BCUT2D eigenvalue weighted by Gasteiger charge is 2.58. The molecule has 2 heterocycles. The fourth-order valence-corrected chi connectivity index (χ4v) is 7.14. The highest BCUT2D eigenvalue weighted by molar-refractivity contribution is 6.31. The molecule has 29 heavy (non-hydrogen) atoms. The smallest absolute Gasteiger partial charge is 0.313 e. The molecule has 2 aliphatic carbocycles. The summed E-state index contributed by atoms with van der Waals surface area (Å²) in [4.78, 5) is 14.0. The summed E-state index contributed by atoms with van der Waals surface area (Å²) in [6.45, 7) is 8.15. The Labute approximate surface area is 177 Å². The highest BCUT2D eigenvalue weighted by atomic mass is 35.5. The third-order valence-electron chi connectivity index (χ3n) is 7.45. The van der Waals surface area contributed by atoms with Crippen molar-refractivity contribution >= 4 is 23.4 Å². The molecule has 0 aromatic heterocycles. The average molecular weight is 417 g/mol. The molecule has 156 valence electrons. The number of nitro groups is 1. The van der Waals surface area contributed by atoms with Gasteiger partial charge in [-0.1, -0.05) is 32.4 Å². The van der Waals surface area contributed by atoms with E-state index in [1.54, 1.807) is 6.07 Å². The van der Waals surface area contributed by atoms with Gasteiger partial charge in [-0.15, -0.1) is 0 Å². The van der Waals surface area contributed by atoms with Crippen LogP contribution < -0.4 is 4.74 Å². The molecule has 3 atom stereocenters. The summed E-state index contributed by atoms with van der Waals surface area (Å²) in [6.07, 6.45) is 9.77. The van der Waals surface area contributed by atoms with Crippen molar-refractivity contribution in [1.29, 1.82) is 0 Å². The van der Waals surface area contributed by atoms with Crippen LogP contribution in [0.1, 0.15) is 71.3 Å². The van der Waals surface area contributed by atoms with E-state index in [1.807, 2.05) is 0 Å². The summed E-state index contributed by atoms with van der Waals surface area (Å²) in [5.41, 5.74) is 2.02. The standard InChI is InChI=1S/C23H29ClN2O3/c1-21(2)11-18-12-22(3,13-21)14-25(18)23-7-5-4-6-16(23)8-15-9-17(24)10-19(26(27)28)20(15)29-23/h8-10,18H,4-7,11-14H2,1-3H3. The van der Waals surface area contributed by atoms with Gasteiger partial charge >= 0.3 is 5.69 Å². The molecule has 2 saturated carbocycles. The summed E-state index contributed by atoms with van der Waals surface area (Å²) in [6, 6.07) is 3.67. The van der Waals surface area contributed by atoms with Crippen LogP contribution >= 0.6 is 11.6 Å². The van der Waals surface area contributed by atoms with Crippen molar-refractivity contribution in [3.05, 3.63) is 38.4 Å². The first-order valence-electron chi connectivity index (χ1n) is 10.8.